The molecule has 2 nitrogen and oxygen atoms in total. The summed E-state index contributed by atoms with van der Waals surface area (Å²) in [5, 5.41) is 9.73. The molecule has 0 fully saturated rings. The molecular weight excluding hydrogens is 390 g/mol. The average molecular weight is 396 g/mol. The lowest BCUT2D eigenvalue weighted by Gasteiger charge is -2.30. The van der Waals surface area contributed by atoms with Gasteiger partial charge >= 0.3 is 18.0 Å². The minimum Gasteiger partial charge on any atom is -0.507 e. The van der Waals surface area contributed by atoms with Gasteiger partial charge in [0.1, 0.15) is 5.76 Å². The van der Waals surface area contributed by atoms with Gasteiger partial charge in [0.25, 0.3) is 0 Å². The number of hydrogen-bond acceptors (Lipinski definition) is 2. The van der Waals surface area contributed by atoms with Crippen molar-refractivity contribution < 1.29 is 53.8 Å². The fourth-order valence-corrected chi connectivity index (χ4v) is 2.47. The molecule has 12 heteroatoms. The molecule has 0 bridgehead atoms. The molecule has 144 valence electrons. The number of aliphatic hydroxyl groups excluding tert-OH is 1. The van der Waals surface area contributed by atoms with Gasteiger partial charge in [-0.1, -0.05) is 0 Å². The Morgan fingerprint density at radius 3 is 1.85 bits per heavy atom. The van der Waals surface area contributed by atoms with Crippen molar-refractivity contribution in [3.8, 4) is 0 Å². The monoisotopic (exact) mass is 396 g/mol. The zero-order valence-electron chi connectivity index (χ0n) is 12.1. The topological polar surface area (TPSA) is 37.3 Å². The van der Waals surface area contributed by atoms with E-state index in [0.717, 1.165) is 0 Å². The lowest BCUT2D eigenvalue weighted by atomic mass is 9.83. The molecule has 0 amide bonds. The lowest BCUT2D eigenvalue weighted by Crippen LogP contribution is -2.59. The van der Waals surface area contributed by atoms with Crippen LogP contribution in [0.25, 0.3) is 5.76 Å². The molecule has 0 saturated heterocycles. The summed E-state index contributed by atoms with van der Waals surface area (Å²) in [6.45, 7) is 0. The average Bonchev–Trinajstić information content (AvgIpc) is 2.50. The van der Waals surface area contributed by atoms with Gasteiger partial charge in [0.2, 0.25) is 5.78 Å². The third kappa shape index (κ3) is 2.71. The molecule has 0 aliphatic heterocycles. The number of fused-ring (bicyclic) bond motifs is 1. The lowest BCUT2D eigenvalue weighted by molar-refractivity contribution is -0.324. The van der Waals surface area contributed by atoms with Crippen LogP contribution in [-0.4, -0.2) is 28.9 Å². The first-order valence-corrected chi connectivity index (χ1v) is 6.60. The predicted molar refractivity (Wildman–Crippen MR) is 65.1 cm³/mol. The Morgan fingerprint density at radius 1 is 0.885 bits per heavy atom. The maximum Gasteiger partial charge on any atom is 0.439 e. The highest BCUT2D eigenvalue weighted by molar-refractivity contribution is 6.08. The molecule has 1 aliphatic carbocycles. The first kappa shape index (κ1) is 20.0. The third-order valence-electron chi connectivity index (χ3n) is 3.80. The van der Waals surface area contributed by atoms with E-state index in [1.807, 2.05) is 0 Å². The number of benzene rings is 1. The molecule has 0 spiro atoms. The smallest absolute Gasteiger partial charge is 0.439 e. The van der Waals surface area contributed by atoms with Gasteiger partial charge in [-0.25, -0.2) is 17.6 Å². The molecule has 0 radical (unpaired) electrons. The molecule has 26 heavy (non-hydrogen) atoms. The predicted octanol–water partition coefficient (Wildman–Crippen LogP) is 4.72. The number of carbonyl (C=O) groups excluding carboxylic acids is 1. The van der Waals surface area contributed by atoms with Crippen molar-refractivity contribution in [1.29, 1.82) is 0 Å². The van der Waals surface area contributed by atoms with E-state index in [9.17, 15) is 53.8 Å². The van der Waals surface area contributed by atoms with Crippen LogP contribution in [0, 0.1) is 17.5 Å². The van der Waals surface area contributed by atoms with Gasteiger partial charge in [-0.3, -0.25) is 4.79 Å². The normalized spacial score (nSPS) is 15.9. The minimum absolute atomic E-state index is 0.0800. The van der Waals surface area contributed by atoms with Gasteiger partial charge in [0.15, 0.2) is 17.5 Å². The van der Waals surface area contributed by atoms with Crippen LogP contribution in [0.3, 0.4) is 0 Å². The van der Waals surface area contributed by atoms with Crippen LogP contribution in [-0.2, 0) is 11.2 Å². The quantitative estimate of drug-likeness (QED) is 0.580. The van der Waals surface area contributed by atoms with Crippen LogP contribution in [0.15, 0.2) is 11.6 Å². The zero-order chi connectivity index (χ0) is 20.2. The van der Waals surface area contributed by atoms with Gasteiger partial charge in [-0.2, -0.15) is 26.3 Å². The number of aliphatic hydroxyl groups is 1. The van der Waals surface area contributed by atoms with E-state index in [1.165, 1.54) is 0 Å². The maximum atomic E-state index is 13.8. The van der Waals surface area contributed by atoms with E-state index in [4.69, 9.17) is 0 Å². The van der Waals surface area contributed by atoms with Crippen LogP contribution < -0.4 is 0 Å². The Hall–Kier alpha value is -2.27. The highest BCUT2D eigenvalue weighted by Gasteiger charge is 2.77. The Bertz CT molecular complexity index is 789. The van der Waals surface area contributed by atoms with Crippen LogP contribution in [0.2, 0.25) is 0 Å². The van der Waals surface area contributed by atoms with Crippen molar-refractivity contribution in [1.82, 2.24) is 0 Å². The largest absolute Gasteiger partial charge is 0.507 e. The Balaban J connectivity index is 2.69. The van der Waals surface area contributed by atoms with Crippen LogP contribution >= 0.6 is 0 Å². The fraction of sp³-hybridized carbons (Fsp3) is 0.357. The van der Waals surface area contributed by atoms with Crippen molar-refractivity contribution >= 4 is 11.5 Å². The number of Topliss-reactive ketones (excluding diaryl/α,β-unsaturated/α-hetero) is 1. The van der Waals surface area contributed by atoms with E-state index in [-0.39, 0.29) is 6.07 Å². The molecule has 0 aromatic heterocycles. The van der Waals surface area contributed by atoms with E-state index < -0.39 is 76.6 Å². The summed E-state index contributed by atoms with van der Waals surface area (Å²) in [5.74, 6) is -10.6. The number of carbonyl (C=O) groups is 1. The van der Waals surface area contributed by atoms with Crippen LogP contribution in [0.5, 0.6) is 0 Å². The molecule has 0 atom stereocenters. The molecule has 0 heterocycles. The molecule has 2 rings (SSSR count). The highest BCUT2D eigenvalue weighted by Crippen LogP contribution is 2.49. The number of allylic oxidation sites excluding steroid dienone is 1. The van der Waals surface area contributed by atoms with Crippen LogP contribution in [0.4, 0.5) is 43.9 Å². The number of halogens is 10. The van der Waals surface area contributed by atoms with E-state index in [0.29, 0.717) is 0 Å². The van der Waals surface area contributed by atoms with Gasteiger partial charge < -0.3 is 5.11 Å². The second-order valence-corrected chi connectivity index (χ2v) is 5.32. The first-order chi connectivity index (χ1) is 11.6. The zero-order valence-corrected chi connectivity index (χ0v) is 12.1. The van der Waals surface area contributed by atoms with Crippen molar-refractivity contribution in [2.45, 2.75) is 30.9 Å². The summed E-state index contributed by atoms with van der Waals surface area (Å²) in [4.78, 5) is 11.7. The number of alkyl halides is 7. The summed E-state index contributed by atoms with van der Waals surface area (Å²) in [6, 6.07) is 0.0800. The minimum atomic E-state index is -6.71. The molecule has 1 aromatic carbocycles. The Morgan fingerprint density at radius 2 is 1.38 bits per heavy atom. The van der Waals surface area contributed by atoms with Gasteiger partial charge in [0, 0.05) is 16.7 Å². The third-order valence-corrected chi connectivity index (χ3v) is 3.80. The van der Waals surface area contributed by atoms with E-state index in [1.54, 1.807) is 0 Å². The van der Waals surface area contributed by atoms with Crippen molar-refractivity contribution in [3.05, 3.63) is 40.2 Å². The van der Waals surface area contributed by atoms with Gasteiger partial charge in [0.05, 0.1) is 0 Å². The van der Waals surface area contributed by atoms with E-state index >= 15 is 0 Å². The fourth-order valence-electron chi connectivity index (χ4n) is 2.47. The molecule has 0 saturated carbocycles. The summed E-state index contributed by atoms with van der Waals surface area (Å²) in [6.07, 6.45) is -15.4. The van der Waals surface area contributed by atoms with Crippen molar-refractivity contribution in [3.63, 3.8) is 0 Å². The molecule has 1 aromatic rings. The SMILES string of the molecule is O=C(C1=C(O)c2cc(F)c(F)c(F)c2CC1)C(F)(C(F)(F)F)C(F)(F)F. The van der Waals surface area contributed by atoms with Gasteiger partial charge in [-0.15, -0.1) is 0 Å². The summed E-state index contributed by atoms with van der Waals surface area (Å²) >= 11 is 0. The molecular formula is C14H6F10O2. The van der Waals surface area contributed by atoms with E-state index in [2.05, 4.69) is 0 Å². The summed E-state index contributed by atoms with van der Waals surface area (Å²) < 4.78 is 129. The van der Waals surface area contributed by atoms with Gasteiger partial charge in [-0.05, 0) is 18.9 Å². The number of rotatable bonds is 2. The standard InChI is InChI=1S/C14H6F10O2/c15-7-3-6-4(8(16)9(7)17)1-2-5(10(6)25)11(26)12(18,13(19,20)21)14(22,23)24/h3,25H,1-2H2. The highest BCUT2D eigenvalue weighted by atomic mass is 19.4. The number of ketones is 1. The molecule has 1 aliphatic rings. The second kappa shape index (κ2) is 5.88. The molecule has 1 N–H and O–H groups in total. The summed E-state index contributed by atoms with van der Waals surface area (Å²) in [5.41, 5.74) is -9.82. The second-order valence-electron chi connectivity index (χ2n) is 5.32. The summed E-state index contributed by atoms with van der Waals surface area (Å²) in [7, 11) is 0. The maximum absolute atomic E-state index is 13.8. The molecule has 0 unspecified atom stereocenters. The number of hydrogen-bond donors (Lipinski definition) is 1. The van der Waals surface area contributed by atoms with Crippen molar-refractivity contribution in [2.75, 3.05) is 0 Å². The Kier molecular flexibility index (Phi) is 4.53. The van der Waals surface area contributed by atoms with Crippen molar-refractivity contribution in [2.24, 2.45) is 0 Å². The first-order valence-electron chi connectivity index (χ1n) is 6.60. The Labute approximate surface area is 137 Å². The van der Waals surface area contributed by atoms with Crippen LogP contribution in [0.1, 0.15) is 17.5 Å².